The van der Waals surface area contributed by atoms with Crippen molar-refractivity contribution in [3.05, 3.63) is 11.6 Å². The van der Waals surface area contributed by atoms with Crippen molar-refractivity contribution in [2.75, 3.05) is 0 Å². The standard InChI is InChI=1S/C11H18O/c1-3-9(2)11(12)10-7-5-4-6-8-10/h3,10H,4-8H2,1-2H3/b9-3+. The summed E-state index contributed by atoms with van der Waals surface area (Å²) in [5.41, 5.74) is 0.946. The van der Waals surface area contributed by atoms with E-state index in [1.54, 1.807) is 0 Å². The van der Waals surface area contributed by atoms with Crippen LogP contribution in [0.5, 0.6) is 0 Å². The van der Waals surface area contributed by atoms with Crippen LogP contribution in [0.25, 0.3) is 0 Å². The second-order valence-corrected chi connectivity index (χ2v) is 3.67. The number of rotatable bonds is 2. The fraction of sp³-hybridized carbons (Fsp3) is 0.727. The maximum atomic E-state index is 11.7. The van der Waals surface area contributed by atoms with Crippen LogP contribution in [-0.4, -0.2) is 5.78 Å². The quantitative estimate of drug-likeness (QED) is 0.576. The van der Waals surface area contributed by atoms with Gasteiger partial charge in [0.1, 0.15) is 0 Å². The average molecular weight is 166 g/mol. The molecule has 12 heavy (non-hydrogen) atoms. The molecule has 1 fully saturated rings. The molecule has 1 rings (SSSR count). The zero-order valence-electron chi connectivity index (χ0n) is 8.10. The first kappa shape index (κ1) is 9.50. The van der Waals surface area contributed by atoms with Crippen LogP contribution in [0.3, 0.4) is 0 Å². The zero-order valence-corrected chi connectivity index (χ0v) is 8.10. The van der Waals surface area contributed by atoms with Gasteiger partial charge in [0, 0.05) is 5.92 Å². The van der Waals surface area contributed by atoms with Gasteiger partial charge in [0.2, 0.25) is 0 Å². The molecule has 1 aliphatic carbocycles. The summed E-state index contributed by atoms with van der Waals surface area (Å²) >= 11 is 0. The highest BCUT2D eigenvalue weighted by molar-refractivity contribution is 5.96. The first-order valence-electron chi connectivity index (χ1n) is 4.93. The fourth-order valence-electron chi connectivity index (χ4n) is 1.83. The molecule has 0 heterocycles. The van der Waals surface area contributed by atoms with Gasteiger partial charge in [0.25, 0.3) is 0 Å². The smallest absolute Gasteiger partial charge is 0.161 e. The Kier molecular flexibility index (Phi) is 3.51. The summed E-state index contributed by atoms with van der Waals surface area (Å²) in [7, 11) is 0. The largest absolute Gasteiger partial charge is 0.294 e. The molecular weight excluding hydrogens is 148 g/mol. The molecular formula is C11H18O. The summed E-state index contributed by atoms with van der Waals surface area (Å²) in [5.74, 6) is 0.729. The molecule has 0 aromatic heterocycles. The summed E-state index contributed by atoms with van der Waals surface area (Å²) in [6, 6.07) is 0. The molecule has 0 aromatic rings. The van der Waals surface area contributed by atoms with Gasteiger partial charge >= 0.3 is 0 Å². The Morgan fingerprint density at radius 1 is 1.25 bits per heavy atom. The highest BCUT2D eigenvalue weighted by atomic mass is 16.1. The van der Waals surface area contributed by atoms with Gasteiger partial charge in [0.15, 0.2) is 5.78 Å². The summed E-state index contributed by atoms with van der Waals surface area (Å²) in [6.45, 7) is 3.87. The lowest BCUT2D eigenvalue weighted by Gasteiger charge is -2.20. The third-order valence-electron chi connectivity index (χ3n) is 2.80. The minimum Gasteiger partial charge on any atom is -0.294 e. The fourth-order valence-corrected chi connectivity index (χ4v) is 1.83. The van der Waals surface area contributed by atoms with Gasteiger partial charge in [-0.1, -0.05) is 25.3 Å². The van der Waals surface area contributed by atoms with E-state index in [1.165, 1.54) is 19.3 Å². The molecule has 68 valence electrons. The molecule has 1 saturated carbocycles. The van der Waals surface area contributed by atoms with Crippen molar-refractivity contribution >= 4 is 5.78 Å². The monoisotopic (exact) mass is 166 g/mol. The molecule has 0 amide bonds. The molecule has 1 heteroatoms. The van der Waals surface area contributed by atoms with E-state index in [-0.39, 0.29) is 0 Å². The summed E-state index contributed by atoms with van der Waals surface area (Å²) in [5, 5.41) is 0. The molecule has 0 bridgehead atoms. The van der Waals surface area contributed by atoms with Crippen LogP contribution < -0.4 is 0 Å². The number of Topliss-reactive ketones (excluding diaryl/α,β-unsaturated/α-hetero) is 1. The topological polar surface area (TPSA) is 17.1 Å². The predicted molar refractivity (Wildman–Crippen MR) is 51.0 cm³/mol. The number of carbonyl (C=O) groups is 1. The Bertz CT molecular complexity index is 185. The van der Waals surface area contributed by atoms with Gasteiger partial charge in [-0.25, -0.2) is 0 Å². The lowest BCUT2D eigenvalue weighted by molar-refractivity contribution is -0.120. The Labute approximate surface area is 74.9 Å². The normalized spacial score (nSPS) is 21.0. The van der Waals surface area contributed by atoms with E-state index in [9.17, 15) is 4.79 Å². The second kappa shape index (κ2) is 4.44. The van der Waals surface area contributed by atoms with E-state index in [4.69, 9.17) is 0 Å². The number of allylic oxidation sites excluding steroid dienone is 2. The lowest BCUT2D eigenvalue weighted by atomic mass is 9.84. The van der Waals surface area contributed by atoms with Crippen LogP contribution in [-0.2, 0) is 4.79 Å². The summed E-state index contributed by atoms with van der Waals surface area (Å²) < 4.78 is 0. The van der Waals surface area contributed by atoms with Gasteiger partial charge in [-0.2, -0.15) is 0 Å². The second-order valence-electron chi connectivity index (χ2n) is 3.67. The number of hydrogen-bond acceptors (Lipinski definition) is 1. The van der Waals surface area contributed by atoms with E-state index in [0.29, 0.717) is 11.7 Å². The Morgan fingerprint density at radius 2 is 1.83 bits per heavy atom. The molecule has 0 aliphatic heterocycles. The first-order chi connectivity index (χ1) is 5.75. The Morgan fingerprint density at radius 3 is 2.33 bits per heavy atom. The predicted octanol–water partition coefficient (Wildman–Crippen LogP) is 3.10. The summed E-state index contributed by atoms with van der Waals surface area (Å²) in [6.07, 6.45) is 7.96. The van der Waals surface area contributed by atoms with Crippen LogP contribution in [0.4, 0.5) is 0 Å². The molecule has 1 nitrogen and oxygen atoms in total. The number of carbonyl (C=O) groups excluding carboxylic acids is 1. The van der Waals surface area contributed by atoms with Crippen LogP contribution in [0.15, 0.2) is 11.6 Å². The lowest BCUT2D eigenvalue weighted by Crippen LogP contribution is -2.18. The third-order valence-corrected chi connectivity index (χ3v) is 2.80. The van der Waals surface area contributed by atoms with Gasteiger partial charge < -0.3 is 0 Å². The van der Waals surface area contributed by atoms with Crippen molar-refractivity contribution in [1.82, 2.24) is 0 Å². The van der Waals surface area contributed by atoms with Crippen molar-refractivity contribution in [1.29, 1.82) is 0 Å². The van der Waals surface area contributed by atoms with Crippen molar-refractivity contribution in [3.63, 3.8) is 0 Å². The number of ketones is 1. The van der Waals surface area contributed by atoms with Crippen LogP contribution in [0, 0.1) is 5.92 Å². The average Bonchev–Trinajstić information content (AvgIpc) is 2.17. The Hall–Kier alpha value is -0.590. The van der Waals surface area contributed by atoms with Crippen LogP contribution in [0.1, 0.15) is 46.0 Å². The molecule has 0 saturated heterocycles. The SMILES string of the molecule is C/C=C(\C)C(=O)C1CCCCC1. The molecule has 0 spiro atoms. The van der Waals surface area contributed by atoms with Gasteiger partial charge in [0.05, 0.1) is 0 Å². The van der Waals surface area contributed by atoms with Crippen molar-refractivity contribution < 1.29 is 4.79 Å². The highest BCUT2D eigenvalue weighted by Gasteiger charge is 2.21. The van der Waals surface area contributed by atoms with Gasteiger partial charge in [-0.05, 0) is 32.3 Å². The summed E-state index contributed by atoms with van der Waals surface area (Å²) in [4.78, 5) is 11.7. The maximum absolute atomic E-state index is 11.7. The number of hydrogen-bond donors (Lipinski definition) is 0. The maximum Gasteiger partial charge on any atom is 0.161 e. The van der Waals surface area contributed by atoms with Crippen molar-refractivity contribution in [3.8, 4) is 0 Å². The van der Waals surface area contributed by atoms with E-state index in [1.807, 2.05) is 19.9 Å². The van der Waals surface area contributed by atoms with Crippen LogP contribution >= 0.6 is 0 Å². The minimum atomic E-state index is 0.343. The molecule has 0 atom stereocenters. The highest BCUT2D eigenvalue weighted by Crippen LogP contribution is 2.26. The van der Waals surface area contributed by atoms with Gasteiger partial charge in [-0.3, -0.25) is 4.79 Å². The molecule has 0 N–H and O–H groups in total. The van der Waals surface area contributed by atoms with Crippen LogP contribution in [0.2, 0.25) is 0 Å². The van der Waals surface area contributed by atoms with E-state index < -0.39 is 0 Å². The van der Waals surface area contributed by atoms with Crippen molar-refractivity contribution in [2.24, 2.45) is 5.92 Å². The van der Waals surface area contributed by atoms with Crippen molar-refractivity contribution in [2.45, 2.75) is 46.0 Å². The third kappa shape index (κ3) is 2.20. The minimum absolute atomic E-state index is 0.343. The van der Waals surface area contributed by atoms with E-state index >= 15 is 0 Å². The molecule has 0 aromatic carbocycles. The van der Waals surface area contributed by atoms with E-state index in [0.717, 1.165) is 18.4 Å². The van der Waals surface area contributed by atoms with Gasteiger partial charge in [-0.15, -0.1) is 0 Å². The van der Waals surface area contributed by atoms with E-state index in [2.05, 4.69) is 0 Å². The molecule has 1 aliphatic rings. The first-order valence-corrected chi connectivity index (χ1v) is 4.93. The Balaban J connectivity index is 2.51. The zero-order chi connectivity index (χ0) is 8.97. The molecule has 0 radical (unpaired) electrons. The molecule has 0 unspecified atom stereocenters.